The molecule has 0 aliphatic rings. The van der Waals surface area contributed by atoms with Gasteiger partial charge >= 0.3 is 0 Å². The average molecular weight is 276 g/mol. The Kier molecular flexibility index (Phi) is 5.18. The van der Waals surface area contributed by atoms with Crippen LogP contribution in [0.25, 0.3) is 0 Å². The van der Waals surface area contributed by atoms with Gasteiger partial charge in [-0.1, -0.05) is 0 Å². The lowest BCUT2D eigenvalue weighted by molar-refractivity contribution is 0.500. The van der Waals surface area contributed by atoms with Gasteiger partial charge in [-0.15, -0.1) is 0 Å². The number of benzene rings is 1. The van der Waals surface area contributed by atoms with Crippen molar-refractivity contribution >= 4 is 0 Å². The van der Waals surface area contributed by atoms with Crippen molar-refractivity contribution in [3.63, 3.8) is 0 Å². The van der Waals surface area contributed by atoms with E-state index in [2.05, 4.69) is 10.3 Å². The molecule has 0 aliphatic heterocycles. The van der Waals surface area contributed by atoms with Crippen LogP contribution in [0.2, 0.25) is 0 Å². The van der Waals surface area contributed by atoms with Crippen LogP contribution in [-0.2, 0) is 12.8 Å². The quantitative estimate of drug-likeness (QED) is 0.877. The highest BCUT2D eigenvalue weighted by Gasteiger charge is 2.11. The molecule has 1 heterocycles. The van der Waals surface area contributed by atoms with E-state index in [1.54, 1.807) is 12.4 Å². The van der Waals surface area contributed by atoms with Crippen LogP contribution in [0.1, 0.15) is 17.5 Å². The molecule has 0 radical (unpaired) electrons. The zero-order chi connectivity index (χ0) is 14.4. The summed E-state index contributed by atoms with van der Waals surface area (Å²) in [6.07, 6.45) is 5.73. The van der Waals surface area contributed by atoms with E-state index in [4.69, 9.17) is 0 Å². The third-order valence-corrected chi connectivity index (χ3v) is 3.41. The highest BCUT2D eigenvalue weighted by atomic mass is 19.1. The Labute approximate surface area is 117 Å². The lowest BCUT2D eigenvalue weighted by Gasteiger charge is -2.16. The summed E-state index contributed by atoms with van der Waals surface area (Å²) in [5.41, 5.74) is 1.61. The monoisotopic (exact) mass is 276 g/mol. The van der Waals surface area contributed by atoms with Crippen molar-refractivity contribution in [1.82, 2.24) is 10.3 Å². The molecule has 106 valence electrons. The van der Waals surface area contributed by atoms with E-state index < -0.39 is 5.82 Å². The standard InChI is InChI=1S/C16H18F2N2/c1-19-15(4-2-12-6-8-20-9-7-12)11-13-10-14(17)3-5-16(13)18/h3,5-10,15,19H,2,4,11H2,1H3. The molecule has 2 aromatic rings. The van der Waals surface area contributed by atoms with Gasteiger partial charge in [-0.25, -0.2) is 8.78 Å². The number of aromatic nitrogens is 1. The number of rotatable bonds is 6. The number of aryl methyl sites for hydroxylation is 1. The first-order valence-electron chi connectivity index (χ1n) is 6.69. The van der Waals surface area contributed by atoms with Gasteiger partial charge in [0.1, 0.15) is 11.6 Å². The van der Waals surface area contributed by atoms with E-state index in [1.165, 1.54) is 17.7 Å². The van der Waals surface area contributed by atoms with Crippen molar-refractivity contribution in [3.05, 3.63) is 65.5 Å². The third kappa shape index (κ3) is 4.10. The van der Waals surface area contributed by atoms with Crippen LogP contribution in [0.5, 0.6) is 0 Å². The molecule has 1 unspecified atom stereocenters. The van der Waals surface area contributed by atoms with E-state index in [0.29, 0.717) is 12.0 Å². The van der Waals surface area contributed by atoms with Crippen molar-refractivity contribution in [2.45, 2.75) is 25.3 Å². The minimum atomic E-state index is -0.398. The Balaban J connectivity index is 1.97. The van der Waals surface area contributed by atoms with Crippen molar-refractivity contribution in [1.29, 1.82) is 0 Å². The molecule has 0 saturated heterocycles. The lowest BCUT2D eigenvalue weighted by atomic mass is 9.99. The van der Waals surface area contributed by atoms with E-state index in [9.17, 15) is 8.78 Å². The second-order valence-corrected chi connectivity index (χ2v) is 4.82. The van der Waals surface area contributed by atoms with Gasteiger partial charge in [-0.2, -0.15) is 0 Å². The van der Waals surface area contributed by atoms with Gasteiger partial charge in [0.2, 0.25) is 0 Å². The number of pyridine rings is 1. The maximum absolute atomic E-state index is 13.6. The molecule has 1 aromatic heterocycles. The van der Waals surface area contributed by atoms with Crippen LogP contribution in [0.3, 0.4) is 0 Å². The summed E-state index contributed by atoms with van der Waals surface area (Å²) in [6.45, 7) is 0. The molecule has 0 fully saturated rings. The van der Waals surface area contributed by atoms with Crippen LogP contribution in [0.4, 0.5) is 8.78 Å². The number of halogens is 2. The highest BCUT2D eigenvalue weighted by Crippen LogP contribution is 2.14. The summed E-state index contributed by atoms with van der Waals surface area (Å²) < 4.78 is 26.8. The Morgan fingerprint density at radius 2 is 1.90 bits per heavy atom. The first-order valence-corrected chi connectivity index (χ1v) is 6.69. The molecule has 0 spiro atoms. The Bertz CT molecular complexity index is 543. The van der Waals surface area contributed by atoms with E-state index >= 15 is 0 Å². The number of nitrogens with zero attached hydrogens (tertiary/aromatic N) is 1. The second-order valence-electron chi connectivity index (χ2n) is 4.82. The molecule has 0 amide bonds. The molecule has 1 N–H and O–H groups in total. The Hall–Kier alpha value is -1.81. The summed E-state index contributed by atoms with van der Waals surface area (Å²) in [5.74, 6) is -0.749. The topological polar surface area (TPSA) is 24.9 Å². The van der Waals surface area contributed by atoms with Crippen molar-refractivity contribution in [3.8, 4) is 0 Å². The van der Waals surface area contributed by atoms with Crippen molar-refractivity contribution < 1.29 is 8.78 Å². The molecule has 2 nitrogen and oxygen atoms in total. The molecule has 4 heteroatoms. The molecule has 1 atom stereocenters. The zero-order valence-electron chi connectivity index (χ0n) is 11.4. The van der Waals surface area contributed by atoms with E-state index in [1.807, 2.05) is 19.2 Å². The van der Waals surface area contributed by atoms with Crippen molar-refractivity contribution in [2.75, 3.05) is 7.05 Å². The maximum Gasteiger partial charge on any atom is 0.126 e. The van der Waals surface area contributed by atoms with Crippen LogP contribution in [0, 0.1) is 11.6 Å². The number of hydrogen-bond donors (Lipinski definition) is 1. The Morgan fingerprint density at radius 1 is 1.15 bits per heavy atom. The molecule has 0 aliphatic carbocycles. The molecule has 2 rings (SSSR count). The van der Waals surface area contributed by atoms with Crippen molar-refractivity contribution in [2.24, 2.45) is 0 Å². The minimum Gasteiger partial charge on any atom is -0.317 e. The summed E-state index contributed by atoms with van der Waals surface area (Å²) in [4.78, 5) is 3.97. The van der Waals surface area contributed by atoms with E-state index in [0.717, 1.165) is 18.9 Å². The molecule has 20 heavy (non-hydrogen) atoms. The zero-order valence-corrected chi connectivity index (χ0v) is 11.4. The third-order valence-electron chi connectivity index (χ3n) is 3.41. The van der Waals surface area contributed by atoms with Gasteiger partial charge in [0.15, 0.2) is 0 Å². The first kappa shape index (κ1) is 14.6. The normalized spacial score (nSPS) is 12.3. The predicted octanol–water partition coefficient (Wildman–Crippen LogP) is 3.12. The van der Waals surface area contributed by atoms with Crippen LogP contribution >= 0.6 is 0 Å². The average Bonchev–Trinajstić information content (AvgIpc) is 2.48. The van der Waals surface area contributed by atoms with Crippen LogP contribution < -0.4 is 5.32 Å². The fraction of sp³-hybridized carbons (Fsp3) is 0.312. The molecule has 0 saturated carbocycles. The molecular formula is C16H18F2N2. The summed E-state index contributed by atoms with van der Waals surface area (Å²) in [7, 11) is 1.84. The number of nitrogens with one attached hydrogen (secondary N) is 1. The number of likely N-dealkylation sites (N-methyl/N-ethyl adjacent to an activating group) is 1. The number of hydrogen-bond acceptors (Lipinski definition) is 2. The van der Waals surface area contributed by atoms with Gasteiger partial charge in [-0.05, 0) is 67.8 Å². The van der Waals surface area contributed by atoms with Gasteiger partial charge in [0.05, 0.1) is 0 Å². The Morgan fingerprint density at radius 3 is 2.60 bits per heavy atom. The maximum atomic E-state index is 13.6. The summed E-state index contributed by atoms with van der Waals surface area (Å²) in [6, 6.07) is 7.64. The molecular weight excluding hydrogens is 258 g/mol. The highest BCUT2D eigenvalue weighted by molar-refractivity contribution is 5.20. The molecule has 0 bridgehead atoms. The first-order chi connectivity index (χ1) is 9.69. The SMILES string of the molecule is CNC(CCc1ccncc1)Cc1cc(F)ccc1F. The summed E-state index contributed by atoms with van der Waals surface area (Å²) >= 11 is 0. The summed E-state index contributed by atoms with van der Waals surface area (Å²) in [5, 5.41) is 3.16. The van der Waals surface area contributed by atoms with E-state index in [-0.39, 0.29) is 11.9 Å². The molecule has 1 aromatic carbocycles. The predicted molar refractivity (Wildman–Crippen MR) is 75.5 cm³/mol. The largest absolute Gasteiger partial charge is 0.317 e. The van der Waals surface area contributed by atoms with Gasteiger partial charge in [-0.3, -0.25) is 4.98 Å². The van der Waals surface area contributed by atoms with Gasteiger partial charge in [0.25, 0.3) is 0 Å². The lowest BCUT2D eigenvalue weighted by Crippen LogP contribution is -2.28. The van der Waals surface area contributed by atoms with Crippen LogP contribution in [0.15, 0.2) is 42.7 Å². The van der Waals surface area contributed by atoms with Gasteiger partial charge < -0.3 is 5.32 Å². The fourth-order valence-corrected chi connectivity index (χ4v) is 2.20. The second kappa shape index (κ2) is 7.10. The van der Waals surface area contributed by atoms with Gasteiger partial charge in [0, 0.05) is 18.4 Å². The smallest absolute Gasteiger partial charge is 0.126 e. The minimum absolute atomic E-state index is 0.111. The van der Waals surface area contributed by atoms with Crippen LogP contribution in [-0.4, -0.2) is 18.1 Å². The fourth-order valence-electron chi connectivity index (χ4n) is 2.20.